The average Bonchev–Trinajstić information content (AvgIpc) is 3.13. The first-order chi connectivity index (χ1) is 14.0. The molecule has 2 aromatic carbocycles. The van der Waals surface area contributed by atoms with Crippen molar-refractivity contribution in [2.24, 2.45) is 0 Å². The number of carbonyl (C=O) groups is 1. The second kappa shape index (κ2) is 7.53. The van der Waals surface area contributed by atoms with Crippen LogP contribution in [0.3, 0.4) is 0 Å². The lowest BCUT2D eigenvalue weighted by Gasteiger charge is -2.07. The number of nitriles is 1. The first-order valence-electron chi connectivity index (χ1n) is 8.28. The lowest BCUT2D eigenvalue weighted by atomic mass is 10.1. The first-order valence-corrected chi connectivity index (χ1v) is 8.66. The molecule has 0 atom stereocenters. The number of amides is 1. The monoisotopic (exact) mass is 407 g/mol. The number of aromatic nitrogens is 4. The fourth-order valence-corrected chi connectivity index (χ4v) is 2.77. The summed E-state index contributed by atoms with van der Waals surface area (Å²) in [5.74, 6) is -0.805. The van der Waals surface area contributed by atoms with Gasteiger partial charge in [-0.25, -0.2) is 9.37 Å². The van der Waals surface area contributed by atoms with E-state index in [-0.39, 0.29) is 17.0 Å². The van der Waals surface area contributed by atoms with Crippen molar-refractivity contribution in [2.45, 2.75) is 0 Å². The molecule has 0 aliphatic carbocycles. The van der Waals surface area contributed by atoms with E-state index in [1.807, 2.05) is 6.07 Å². The van der Waals surface area contributed by atoms with Crippen LogP contribution in [0.15, 0.2) is 48.7 Å². The van der Waals surface area contributed by atoms with Gasteiger partial charge in [-0.2, -0.15) is 15.3 Å². The predicted molar refractivity (Wildman–Crippen MR) is 105 cm³/mol. The second-order valence-electron chi connectivity index (χ2n) is 5.94. The predicted octanol–water partition coefficient (Wildman–Crippen LogP) is 4.01. The van der Waals surface area contributed by atoms with Crippen molar-refractivity contribution in [3.05, 3.63) is 70.9 Å². The van der Waals surface area contributed by atoms with Gasteiger partial charge in [0, 0.05) is 16.6 Å². The molecule has 0 spiro atoms. The molecule has 0 aliphatic heterocycles. The number of nitrogens with one attached hydrogen (secondary N) is 3. The highest BCUT2D eigenvalue weighted by molar-refractivity contribution is 6.28. The molecule has 4 aromatic rings. The molecule has 10 heteroatoms. The molecule has 0 unspecified atom stereocenters. The zero-order valence-corrected chi connectivity index (χ0v) is 15.3. The lowest BCUT2D eigenvalue weighted by Crippen LogP contribution is -2.12. The summed E-state index contributed by atoms with van der Waals surface area (Å²) < 4.78 is 13.9. The van der Waals surface area contributed by atoms with E-state index in [4.69, 9.17) is 16.9 Å². The summed E-state index contributed by atoms with van der Waals surface area (Å²) in [6.07, 6.45) is 0.970. The van der Waals surface area contributed by atoms with E-state index >= 15 is 0 Å². The van der Waals surface area contributed by atoms with Crippen LogP contribution in [-0.4, -0.2) is 26.1 Å². The molecule has 0 fully saturated rings. The van der Waals surface area contributed by atoms with Crippen LogP contribution >= 0.6 is 11.6 Å². The Labute approximate surface area is 168 Å². The van der Waals surface area contributed by atoms with Crippen LogP contribution in [0.2, 0.25) is 5.28 Å². The third-order valence-electron chi connectivity index (χ3n) is 4.05. The Bertz CT molecular complexity index is 1260. The van der Waals surface area contributed by atoms with Crippen molar-refractivity contribution in [1.29, 1.82) is 5.26 Å². The molecule has 1 amide bonds. The van der Waals surface area contributed by atoms with E-state index in [0.29, 0.717) is 33.5 Å². The summed E-state index contributed by atoms with van der Waals surface area (Å²) in [7, 11) is 0. The van der Waals surface area contributed by atoms with Crippen molar-refractivity contribution in [2.75, 3.05) is 10.6 Å². The molecule has 0 aliphatic rings. The summed E-state index contributed by atoms with van der Waals surface area (Å²) in [6, 6.07) is 13.3. The van der Waals surface area contributed by atoms with Gasteiger partial charge in [0.2, 0.25) is 5.28 Å². The highest BCUT2D eigenvalue weighted by Crippen LogP contribution is 2.27. The topological polar surface area (TPSA) is 119 Å². The minimum absolute atomic E-state index is 0.0731. The molecule has 3 N–H and O–H groups in total. The van der Waals surface area contributed by atoms with Gasteiger partial charge in [0.15, 0.2) is 17.5 Å². The molecular weight excluding hydrogens is 397 g/mol. The Morgan fingerprint density at radius 3 is 2.72 bits per heavy atom. The van der Waals surface area contributed by atoms with Crippen LogP contribution in [0.25, 0.3) is 10.9 Å². The first kappa shape index (κ1) is 18.3. The van der Waals surface area contributed by atoms with Crippen LogP contribution in [0.1, 0.15) is 15.9 Å². The molecule has 142 valence electrons. The largest absolute Gasteiger partial charge is 0.338 e. The van der Waals surface area contributed by atoms with Gasteiger partial charge in [0.25, 0.3) is 5.91 Å². The number of anilines is 3. The average molecular weight is 408 g/mol. The van der Waals surface area contributed by atoms with Crippen molar-refractivity contribution in [3.8, 4) is 6.07 Å². The summed E-state index contributed by atoms with van der Waals surface area (Å²) in [5.41, 5.74) is 2.03. The van der Waals surface area contributed by atoms with E-state index < -0.39 is 5.82 Å². The Kier molecular flexibility index (Phi) is 4.76. The highest BCUT2D eigenvalue weighted by Gasteiger charge is 2.13. The standard InChI is InChI=1S/C19H11ClFN7O/c20-19-23-9-14(21)17(26-19)24-12-5-6-15-13(7-12)16(28-27-15)25-18(29)11-3-1-10(8-22)2-4-11/h1-7,9H,(H,23,24,26)(H2,25,27,28,29). The lowest BCUT2D eigenvalue weighted by molar-refractivity contribution is 0.102. The van der Waals surface area contributed by atoms with E-state index in [1.54, 1.807) is 42.5 Å². The number of carbonyl (C=O) groups excluding carboxylic acids is 1. The van der Waals surface area contributed by atoms with Gasteiger partial charge in [0.05, 0.1) is 23.3 Å². The number of fused-ring (bicyclic) bond motifs is 1. The summed E-state index contributed by atoms with van der Waals surface area (Å²) in [6.45, 7) is 0. The zero-order valence-electron chi connectivity index (χ0n) is 14.6. The van der Waals surface area contributed by atoms with Gasteiger partial charge in [-0.05, 0) is 54.1 Å². The molecule has 8 nitrogen and oxygen atoms in total. The minimum atomic E-state index is -0.656. The van der Waals surface area contributed by atoms with Crippen molar-refractivity contribution >= 4 is 45.7 Å². The van der Waals surface area contributed by atoms with E-state index in [1.165, 1.54) is 0 Å². The molecule has 0 radical (unpaired) electrons. The van der Waals surface area contributed by atoms with Crippen molar-refractivity contribution < 1.29 is 9.18 Å². The minimum Gasteiger partial charge on any atom is -0.338 e. The second-order valence-corrected chi connectivity index (χ2v) is 6.27. The highest BCUT2D eigenvalue weighted by atomic mass is 35.5. The fraction of sp³-hybridized carbons (Fsp3) is 0. The summed E-state index contributed by atoms with van der Waals surface area (Å²) >= 11 is 5.71. The maximum absolute atomic E-state index is 13.9. The molecule has 4 rings (SSSR count). The molecule has 2 heterocycles. The maximum atomic E-state index is 13.9. The Balaban J connectivity index is 1.60. The van der Waals surface area contributed by atoms with E-state index in [0.717, 1.165) is 6.20 Å². The SMILES string of the molecule is N#Cc1ccc(C(=O)Nc2n[nH]c3ccc(Nc4nc(Cl)ncc4F)cc23)cc1. The quantitative estimate of drug-likeness (QED) is 0.439. The molecule has 29 heavy (non-hydrogen) atoms. The molecule has 2 aromatic heterocycles. The Morgan fingerprint density at radius 1 is 1.17 bits per heavy atom. The normalized spacial score (nSPS) is 10.5. The molecule has 0 bridgehead atoms. The van der Waals surface area contributed by atoms with Gasteiger partial charge in [0.1, 0.15) is 0 Å². The number of rotatable bonds is 4. The molecule has 0 saturated heterocycles. The van der Waals surface area contributed by atoms with Gasteiger partial charge in [-0.3, -0.25) is 9.89 Å². The van der Waals surface area contributed by atoms with Crippen LogP contribution < -0.4 is 10.6 Å². The van der Waals surface area contributed by atoms with Gasteiger partial charge in [-0.15, -0.1) is 0 Å². The smallest absolute Gasteiger partial charge is 0.256 e. The van der Waals surface area contributed by atoms with Crippen molar-refractivity contribution in [3.63, 3.8) is 0 Å². The summed E-state index contributed by atoms with van der Waals surface area (Å²) in [5, 5.41) is 21.8. The van der Waals surface area contributed by atoms with Gasteiger partial charge in [-0.1, -0.05) is 0 Å². The maximum Gasteiger partial charge on any atom is 0.256 e. The fourth-order valence-electron chi connectivity index (χ4n) is 2.63. The Morgan fingerprint density at radius 2 is 1.97 bits per heavy atom. The van der Waals surface area contributed by atoms with E-state index in [2.05, 4.69) is 30.8 Å². The number of aromatic amines is 1. The van der Waals surface area contributed by atoms with Gasteiger partial charge < -0.3 is 10.6 Å². The third kappa shape index (κ3) is 3.83. The van der Waals surface area contributed by atoms with Crippen LogP contribution in [0, 0.1) is 17.1 Å². The number of H-pyrrole nitrogens is 1. The number of hydrogen-bond donors (Lipinski definition) is 3. The molecule has 0 saturated carbocycles. The zero-order chi connectivity index (χ0) is 20.4. The number of hydrogen-bond acceptors (Lipinski definition) is 6. The van der Waals surface area contributed by atoms with Gasteiger partial charge >= 0.3 is 0 Å². The molecular formula is C19H11ClFN7O. The number of halogens is 2. The van der Waals surface area contributed by atoms with Crippen LogP contribution in [0.5, 0.6) is 0 Å². The number of nitrogens with zero attached hydrogens (tertiary/aromatic N) is 4. The third-order valence-corrected chi connectivity index (χ3v) is 4.23. The van der Waals surface area contributed by atoms with E-state index in [9.17, 15) is 9.18 Å². The summed E-state index contributed by atoms with van der Waals surface area (Å²) in [4.78, 5) is 19.8. The van der Waals surface area contributed by atoms with Crippen LogP contribution in [-0.2, 0) is 0 Å². The Hall–Kier alpha value is -4.03. The van der Waals surface area contributed by atoms with Crippen LogP contribution in [0.4, 0.5) is 21.7 Å². The van der Waals surface area contributed by atoms with Crippen molar-refractivity contribution in [1.82, 2.24) is 20.2 Å². The number of benzene rings is 2.